The summed E-state index contributed by atoms with van der Waals surface area (Å²) >= 11 is 3.71. The number of thiazole rings is 1. The molecule has 0 radical (unpaired) electrons. The van der Waals surface area contributed by atoms with E-state index >= 15 is 0 Å². The van der Waals surface area contributed by atoms with Crippen LogP contribution in [-0.2, 0) is 11.8 Å². The first-order valence-electron chi connectivity index (χ1n) is 5.23. The summed E-state index contributed by atoms with van der Waals surface area (Å²) in [5.41, 5.74) is -0.991. The maximum absolute atomic E-state index is 12.5. The molecule has 0 saturated carbocycles. The Morgan fingerprint density at radius 2 is 1.79 bits per heavy atom. The first-order valence-corrected chi connectivity index (χ1v) is 6.84. The van der Waals surface area contributed by atoms with Crippen LogP contribution in [0.3, 0.4) is 0 Å². The molecular weight excluding hydrogens is 343 g/mol. The molecule has 1 aromatic heterocycles. The monoisotopic (exact) mass is 351 g/mol. The second kappa shape index (κ2) is 4.88. The third kappa shape index (κ3) is 2.98. The molecule has 1 aromatic carbocycles. The van der Waals surface area contributed by atoms with Crippen LogP contribution in [-0.4, -0.2) is 10.1 Å². The minimum absolute atomic E-state index is 0.155. The van der Waals surface area contributed by atoms with Crippen molar-refractivity contribution in [3.8, 4) is 0 Å². The first-order chi connectivity index (χ1) is 8.71. The second-order valence-electron chi connectivity index (χ2n) is 4.11. The average Bonchev–Trinajstić information content (AvgIpc) is 2.79. The van der Waals surface area contributed by atoms with Crippen LogP contribution in [0.1, 0.15) is 22.4 Å². The molecule has 2 nitrogen and oxygen atoms in total. The molecule has 1 unspecified atom stereocenters. The van der Waals surface area contributed by atoms with Gasteiger partial charge in [0.15, 0.2) is 5.01 Å². The van der Waals surface area contributed by atoms with Gasteiger partial charge >= 0.3 is 6.18 Å². The van der Waals surface area contributed by atoms with Gasteiger partial charge in [-0.15, -0.1) is 11.3 Å². The van der Waals surface area contributed by atoms with Crippen molar-refractivity contribution in [3.05, 3.63) is 50.4 Å². The number of rotatable bonds is 2. The zero-order chi connectivity index (χ0) is 14.3. The molecule has 0 aliphatic carbocycles. The fraction of sp³-hybridized carbons (Fsp3) is 0.250. The number of aromatic nitrogens is 1. The zero-order valence-corrected chi connectivity index (χ0v) is 12.1. The van der Waals surface area contributed by atoms with E-state index in [4.69, 9.17) is 0 Å². The maximum Gasteiger partial charge on any atom is 0.443 e. The third-order valence-electron chi connectivity index (χ3n) is 2.63. The molecule has 1 atom stereocenters. The minimum atomic E-state index is -4.49. The summed E-state index contributed by atoms with van der Waals surface area (Å²) in [5.74, 6) is 0. The Morgan fingerprint density at radius 3 is 2.26 bits per heavy atom. The van der Waals surface area contributed by atoms with E-state index in [0.717, 1.165) is 10.7 Å². The molecule has 0 fully saturated rings. The van der Waals surface area contributed by atoms with Gasteiger partial charge in [0.05, 0.1) is 4.88 Å². The van der Waals surface area contributed by atoms with Crippen molar-refractivity contribution in [1.82, 2.24) is 4.98 Å². The Hall–Kier alpha value is -0.920. The van der Waals surface area contributed by atoms with Gasteiger partial charge in [0, 0.05) is 10.7 Å². The predicted octanol–water partition coefficient (Wildman–Crippen LogP) is 4.18. The molecule has 0 aliphatic heterocycles. The van der Waals surface area contributed by atoms with Gasteiger partial charge in [-0.05, 0) is 24.6 Å². The third-order valence-corrected chi connectivity index (χ3v) is 4.42. The van der Waals surface area contributed by atoms with E-state index < -0.39 is 16.8 Å². The minimum Gasteiger partial charge on any atom is -0.380 e. The molecule has 2 aromatic rings. The molecule has 0 bridgehead atoms. The van der Waals surface area contributed by atoms with Crippen LogP contribution in [0.4, 0.5) is 13.2 Å². The van der Waals surface area contributed by atoms with E-state index in [-0.39, 0.29) is 4.88 Å². The van der Waals surface area contributed by atoms with Gasteiger partial charge in [0.1, 0.15) is 5.60 Å². The van der Waals surface area contributed by atoms with Crippen molar-refractivity contribution >= 4 is 27.3 Å². The van der Waals surface area contributed by atoms with Crippen molar-refractivity contribution in [3.63, 3.8) is 0 Å². The molecule has 0 spiro atoms. The van der Waals surface area contributed by atoms with E-state index in [2.05, 4.69) is 20.9 Å². The molecule has 1 heterocycles. The number of benzene rings is 1. The van der Waals surface area contributed by atoms with Crippen LogP contribution in [0.5, 0.6) is 0 Å². The summed E-state index contributed by atoms with van der Waals surface area (Å²) in [5, 5.41) is 9.46. The van der Waals surface area contributed by atoms with Crippen LogP contribution in [0.2, 0.25) is 0 Å². The fourth-order valence-corrected chi connectivity index (χ4v) is 2.66. The zero-order valence-electron chi connectivity index (χ0n) is 9.70. The Bertz CT molecular complexity index is 577. The van der Waals surface area contributed by atoms with E-state index in [1.807, 2.05) is 0 Å². The number of halogens is 4. The highest BCUT2D eigenvalue weighted by Gasteiger charge is 2.37. The number of alkyl halides is 3. The fourth-order valence-electron chi connectivity index (χ4n) is 1.55. The molecule has 7 heteroatoms. The van der Waals surface area contributed by atoms with Crippen molar-refractivity contribution < 1.29 is 18.3 Å². The van der Waals surface area contributed by atoms with Crippen LogP contribution in [0, 0.1) is 0 Å². The molecule has 1 N–H and O–H groups in total. The highest BCUT2D eigenvalue weighted by molar-refractivity contribution is 9.10. The first kappa shape index (κ1) is 14.5. The van der Waals surface area contributed by atoms with Gasteiger partial charge in [0.25, 0.3) is 0 Å². The molecule has 2 rings (SSSR count). The molecule has 0 saturated heterocycles. The summed E-state index contributed by atoms with van der Waals surface area (Å²) in [7, 11) is 0. The molecule has 19 heavy (non-hydrogen) atoms. The average molecular weight is 352 g/mol. The summed E-state index contributed by atoms with van der Waals surface area (Å²) in [4.78, 5) is 3.48. The maximum atomic E-state index is 12.5. The SMILES string of the molecule is CC(O)(c1ccc(Br)cc1)c1cnc(C(F)(F)F)s1. The highest BCUT2D eigenvalue weighted by atomic mass is 79.9. The van der Waals surface area contributed by atoms with Crippen LogP contribution in [0.25, 0.3) is 0 Å². The van der Waals surface area contributed by atoms with Crippen LogP contribution in [0.15, 0.2) is 34.9 Å². The lowest BCUT2D eigenvalue weighted by molar-refractivity contribution is -0.137. The van der Waals surface area contributed by atoms with Crippen LogP contribution >= 0.6 is 27.3 Å². The Kier molecular flexibility index (Phi) is 3.72. The molecular formula is C12H9BrF3NOS. The summed E-state index contributed by atoms with van der Waals surface area (Å²) in [6, 6.07) is 6.74. The quantitative estimate of drug-likeness (QED) is 0.880. The van der Waals surface area contributed by atoms with E-state index in [1.165, 1.54) is 6.92 Å². The Balaban J connectivity index is 2.39. The lowest BCUT2D eigenvalue weighted by Crippen LogP contribution is -2.21. The summed E-state index contributed by atoms with van der Waals surface area (Å²) < 4.78 is 38.3. The normalized spacial score (nSPS) is 15.3. The van der Waals surface area contributed by atoms with Gasteiger partial charge < -0.3 is 5.11 Å². The number of nitrogens with zero attached hydrogens (tertiary/aromatic N) is 1. The lowest BCUT2D eigenvalue weighted by atomic mass is 9.95. The second-order valence-corrected chi connectivity index (χ2v) is 6.05. The van der Waals surface area contributed by atoms with E-state index in [1.54, 1.807) is 24.3 Å². The van der Waals surface area contributed by atoms with Crippen LogP contribution < -0.4 is 0 Å². The van der Waals surface area contributed by atoms with Crippen molar-refractivity contribution in [2.75, 3.05) is 0 Å². The predicted molar refractivity (Wildman–Crippen MR) is 69.9 cm³/mol. The topological polar surface area (TPSA) is 33.1 Å². The number of hydrogen-bond acceptors (Lipinski definition) is 3. The van der Waals surface area contributed by atoms with Crippen molar-refractivity contribution in [2.45, 2.75) is 18.7 Å². The van der Waals surface area contributed by atoms with E-state index in [9.17, 15) is 18.3 Å². The van der Waals surface area contributed by atoms with Gasteiger partial charge in [-0.3, -0.25) is 0 Å². The summed E-state index contributed by atoms with van der Waals surface area (Å²) in [6.45, 7) is 1.45. The largest absolute Gasteiger partial charge is 0.443 e. The molecule has 0 amide bonds. The smallest absolute Gasteiger partial charge is 0.380 e. The van der Waals surface area contributed by atoms with Crippen molar-refractivity contribution in [1.29, 1.82) is 0 Å². The lowest BCUT2D eigenvalue weighted by Gasteiger charge is -2.22. The Morgan fingerprint density at radius 1 is 1.21 bits per heavy atom. The number of aliphatic hydroxyl groups is 1. The summed E-state index contributed by atoms with van der Waals surface area (Å²) in [6.07, 6.45) is -3.42. The van der Waals surface area contributed by atoms with E-state index in [0.29, 0.717) is 16.9 Å². The van der Waals surface area contributed by atoms with Gasteiger partial charge in [-0.25, -0.2) is 4.98 Å². The standard InChI is InChI=1S/C12H9BrF3NOS/c1-11(18,7-2-4-8(13)5-3-7)9-6-17-10(19-9)12(14,15)16/h2-6,18H,1H3. The Labute approximate surface area is 120 Å². The highest BCUT2D eigenvalue weighted by Crippen LogP contribution is 2.38. The van der Waals surface area contributed by atoms with Crippen molar-refractivity contribution in [2.24, 2.45) is 0 Å². The van der Waals surface area contributed by atoms with Gasteiger partial charge in [-0.1, -0.05) is 28.1 Å². The molecule has 102 valence electrons. The van der Waals surface area contributed by atoms with Gasteiger partial charge in [-0.2, -0.15) is 13.2 Å². The number of hydrogen-bond donors (Lipinski definition) is 1. The molecule has 0 aliphatic rings. The van der Waals surface area contributed by atoms with Gasteiger partial charge in [0.2, 0.25) is 0 Å².